The summed E-state index contributed by atoms with van der Waals surface area (Å²) < 4.78 is 5.92. The molecule has 1 N–H and O–H groups in total. The van der Waals surface area contributed by atoms with E-state index in [4.69, 9.17) is 9.68 Å². The lowest BCUT2D eigenvalue weighted by molar-refractivity contribution is -0.112. The van der Waals surface area contributed by atoms with Gasteiger partial charge in [-0.1, -0.05) is 22.0 Å². The smallest absolute Gasteiger partial charge is 0.266 e. The van der Waals surface area contributed by atoms with Crippen molar-refractivity contribution >= 4 is 33.6 Å². The van der Waals surface area contributed by atoms with E-state index in [9.17, 15) is 4.79 Å². The van der Waals surface area contributed by atoms with Gasteiger partial charge in [0, 0.05) is 16.2 Å². The van der Waals surface area contributed by atoms with Gasteiger partial charge in [0.2, 0.25) is 0 Å². The second-order valence-corrected chi connectivity index (χ2v) is 4.57. The molecule has 0 saturated carbocycles. The molecule has 0 bridgehead atoms. The Balaban J connectivity index is 2.17. The van der Waals surface area contributed by atoms with E-state index < -0.39 is 5.91 Å². The van der Waals surface area contributed by atoms with E-state index in [-0.39, 0.29) is 5.57 Å². The van der Waals surface area contributed by atoms with Gasteiger partial charge in [-0.2, -0.15) is 5.26 Å². The maximum Gasteiger partial charge on any atom is 0.266 e. The summed E-state index contributed by atoms with van der Waals surface area (Å²) >= 11 is 3.31. The van der Waals surface area contributed by atoms with Crippen LogP contribution in [0, 0.1) is 11.3 Å². The molecule has 0 aliphatic rings. The number of amides is 1. The van der Waals surface area contributed by atoms with Gasteiger partial charge in [-0.25, -0.2) is 0 Å². The summed E-state index contributed by atoms with van der Waals surface area (Å²) in [5, 5.41) is 11.6. The highest BCUT2D eigenvalue weighted by atomic mass is 79.9. The number of rotatable bonds is 3. The molecule has 94 valence electrons. The molecule has 0 aliphatic heterocycles. The summed E-state index contributed by atoms with van der Waals surface area (Å²) in [6.07, 6.45) is 2.88. The number of nitrogens with zero attached hydrogens (tertiary/aromatic N) is 1. The molecule has 4 nitrogen and oxygen atoms in total. The highest BCUT2D eigenvalue weighted by Gasteiger charge is 2.10. The van der Waals surface area contributed by atoms with E-state index >= 15 is 0 Å². The quantitative estimate of drug-likeness (QED) is 0.695. The largest absolute Gasteiger partial charge is 0.465 e. The van der Waals surface area contributed by atoms with Crippen LogP contribution in [0.1, 0.15) is 5.76 Å². The predicted octanol–water partition coefficient (Wildman–Crippen LogP) is 3.59. The Bertz CT molecular complexity index is 654. The molecule has 1 aromatic heterocycles. The minimum atomic E-state index is -0.475. The molecule has 1 amide bonds. The van der Waals surface area contributed by atoms with E-state index in [1.165, 1.54) is 12.3 Å². The Hall–Kier alpha value is -2.32. The Morgan fingerprint density at radius 1 is 1.37 bits per heavy atom. The first-order valence-corrected chi connectivity index (χ1v) is 6.20. The summed E-state index contributed by atoms with van der Waals surface area (Å²) in [6, 6.07) is 12.3. The summed E-state index contributed by atoms with van der Waals surface area (Å²) in [5.74, 6) is -0.0158. The maximum absolute atomic E-state index is 11.9. The predicted molar refractivity (Wildman–Crippen MR) is 75.1 cm³/mol. The molecule has 0 aliphatic carbocycles. The Labute approximate surface area is 118 Å². The molecule has 2 aromatic rings. The molecule has 0 unspecified atom stereocenters. The fourth-order valence-corrected chi connectivity index (χ4v) is 1.83. The molecule has 0 atom stereocenters. The first-order chi connectivity index (χ1) is 9.19. The van der Waals surface area contributed by atoms with Crippen LogP contribution in [0.4, 0.5) is 5.69 Å². The zero-order valence-corrected chi connectivity index (χ0v) is 11.3. The first-order valence-electron chi connectivity index (χ1n) is 5.41. The van der Waals surface area contributed by atoms with Crippen molar-refractivity contribution in [2.45, 2.75) is 0 Å². The molecule has 0 spiro atoms. The topological polar surface area (TPSA) is 66.0 Å². The van der Waals surface area contributed by atoms with Crippen molar-refractivity contribution in [3.8, 4) is 6.07 Å². The van der Waals surface area contributed by atoms with Crippen LogP contribution in [0.5, 0.6) is 0 Å². The van der Waals surface area contributed by atoms with E-state index in [1.807, 2.05) is 12.1 Å². The van der Waals surface area contributed by atoms with Crippen molar-refractivity contribution < 1.29 is 9.21 Å². The summed E-state index contributed by atoms with van der Waals surface area (Å²) in [5.41, 5.74) is 0.592. The maximum atomic E-state index is 11.9. The average molecular weight is 317 g/mol. The fraction of sp³-hybridized carbons (Fsp3) is 0. The van der Waals surface area contributed by atoms with Gasteiger partial charge in [0.25, 0.3) is 5.91 Å². The molecule has 1 aromatic carbocycles. The van der Waals surface area contributed by atoms with Crippen LogP contribution < -0.4 is 5.32 Å². The van der Waals surface area contributed by atoms with Crippen LogP contribution in [0.2, 0.25) is 0 Å². The Morgan fingerprint density at radius 2 is 2.21 bits per heavy atom. The monoisotopic (exact) mass is 316 g/mol. The molecule has 19 heavy (non-hydrogen) atoms. The van der Waals surface area contributed by atoms with Crippen LogP contribution in [0.15, 0.2) is 57.1 Å². The van der Waals surface area contributed by atoms with Crippen molar-refractivity contribution in [2.75, 3.05) is 5.32 Å². The van der Waals surface area contributed by atoms with E-state index in [1.54, 1.807) is 30.3 Å². The number of hydrogen-bond donors (Lipinski definition) is 1. The average Bonchev–Trinajstić information content (AvgIpc) is 2.88. The van der Waals surface area contributed by atoms with E-state index in [0.29, 0.717) is 11.4 Å². The molecule has 0 saturated heterocycles. The summed E-state index contributed by atoms with van der Waals surface area (Å²) in [6.45, 7) is 0. The number of carbonyl (C=O) groups is 1. The number of hydrogen-bond acceptors (Lipinski definition) is 3. The van der Waals surface area contributed by atoms with Gasteiger partial charge in [-0.3, -0.25) is 4.79 Å². The highest BCUT2D eigenvalue weighted by molar-refractivity contribution is 9.10. The van der Waals surface area contributed by atoms with E-state index in [2.05, 4.69) is 21.2 Å². The Morgan fingerprint density at radius 3 is 2.84 bits per heavy atom. The second kappa shape index (κ2) is 6.03. The minimum Gasteiger partial charge on any atom is -0.465 e. The van der Waals surface area contributed by atoms with Crippen LogP contribution in [-0.2, 0) is 4.79 Å². The number of benzene rings is 1. The van der Waals surface area contributed by atoms with Crippen LogP contribution in [-0.4, -0.2) is 5.91 Å². The Kier molecular flexibility index (Phi) is 4.16. The van der Waals surface area contributed by atoms with Crippen molar-refractivity contribution in [3.63, 3.8) is 0 Å². The van der Waals surface area contributed by atoms with Crippen molar-refractivity contribution in [1.82, 2.24) is 0 Å². The third-order valence-corrected chi connectivity index (χ3v) is 2.77. The third-order valence-electron chi connectivity index (χ3n) is 2.28. The number of halogens is 1. The number of anilines is 1. The standard InChI is InChI=1S/C14H9BrN2O2/c15-11-3-1-4-12(8-11)17-14(18)10(9-16)7-13-5-2-6-19-13/h1-8H,(H,17,18)/b10-7-. The lowest BCUT2D eigenvalue weighted by Gasteiger charge is -2.04. The van der Waals surface area contributed by atoms with Crippen molar-refractivity contribution in [1.29, 1.82) is 5.26 Å². The number of nitriles is 1. The molecule has 0 radical (unpaired) electrons. The number of furan rings is 1. The van der Waals surface area contributed by atoms with Gasteiger partial charge >= 0.3 is 0 Å². The summed E-state index contributed by atoms with van der Waals surface area (Å²) in [7, 11) is 0. The third kappa shape index (κ3) is 3.57. The molecule has 2 rings (SSSR count). The first kappa shape index (κ1) is 13.1. The highest BCUT2D eigenvalue weighted by Crippen LogP contribution is 2.16. The van der Waals surface area contributed by atoms with Gasteiger partial charge < -0.3 is 9.73 Å². The van der Waals surface area contributed by atoms with Gasteiger partial charge in [-0.15, -0.1) is 0 Å². The molecule has 1 heterocycles. The molecule has 0 fully saturated rings. The van der Waals surface area contributed by atoms with Gasteiger partial charge in [0.05, 0.1) is 6.26 Å². The molecular formula is C14H9BrN2O2. The van der Waals surface area contributed by atoms with Crippen LogP contribution in [0.25, 0.3) is 6.08 Å². The summed E-state index contributed by atoms with van der Waals surface area (Å²) in [4.78, 5) is 11.9. The minimum absolute atomic E-state index is 0.0186. The van der Waals surface area contributed by atoms with E-state index in [0.717, 1.165) is 4.47 Å². The van der Waals surface area contributed by atoms with Crippen molar-refractivity contribution in [2.24, 2.45) is 0 Å². The normalized spacial score (nSPS) is 10.8. The second-order valence-electron chi connectivity index (χ2n) is 3.65. The number of carbonyl (C=O) groups excluding carboxylic acids is 1. The number of nitrogens with one attached hydrogen (secondary N) is 1. The van der Waals surface area contributed by atoms with Crippen molar-refractivity contribution in [3.05, 3.63) is 58.5 Å². The van der Waals surface area contributed by atoms with Gasteiger partial charge in [-0.05, 0) is 30.3 Å². The zero-order valence-electron chi connectivity index (χ0n) is 9.76. The lowest BCUT2D eigenvalue weighted by atomic mass is 10.2. The lowest BCUT2D eigenvalue weighted by Crippen LogP contribution is -2.13. The molecular weight excluding hydrogens is 308 g/mol. The fourth-order valence-electron chi connectivity index (χ4n) is 1.43. The zero-order chi connectivity index (χ0) is 13.7. The van der Waals surface area contributed by atoms with Crippen LogP contribution >= 0.6 is 15.9 Å². The SMILES string of the molecule is N#C/C(=C/c1ccco1)C(=O)Nc1cccc(Br)c1. The van der Waals surface area contributed by atoms with Gasteiger partial charge in [0.15, 0.2) is 0 Å². The van der Waals surface area contributed by atoms with Crippen LogP contribution in [0.3, 0.4) is 0 Å². The molecule has 5 heteroatoms. The van der Waals surface area contributed by atoms with Gasteiger partial charge in [0.1, 0.15) is 17.4 Å².